The van der Waals surface area contributed by atoms with E-state index in [1.807, 2.05) is 4.90 Å². The lowest BCUT2D eigenvalue weighted by Gasteiger charge is -2.26. The first kappa shape index (κ1) is 5.33. The minimum Gasteiger partial charge on any atom is -0.297 e. The largest absolute Gasteiger partial charge is 0.297 e. The Kier molecular flexibility index (Phi) is 1.32. The van der Waals surface area contributed by atoms with Gasteiger partial charge in [-0.2, -0.15) is 0 Å². The smallest absolute Gasteiger partial charge is 0.160 e. The Bertz CT molecular complexity index is 137. The fourth-order valence-corrected chi connectivity index (χ4v) is 0.693. The molecule has 0 aromatic rings. The summed E-state index contributed by atoms with van der Waals surface area (Å²) in [5.41, 5.74) is 0. The van der Waals surface area contributed by atoms with Gasteiger partial charge in [0, 0.05) is 0 Å². The average Bonchev–Trinajstić information content (AvgIpc) is 1.64. The van der Waals surface area contributed by atoms with E-state index in [1.165, 1.54) is 0 Å². The molecule has 0 amide bonds. The minimum absolute atomic E-state index is 0.292. The van der Waals surface area contributed by atoms with Gasteiger partial charge in [0.2, 0.25) is 0 Å². The first-order chi connectivity index (χ1) is 3.83. The number of terminal acetylenes is 1. The normalized spacial score (nSPS) is 19.6. The third kappa shape index (κ3) is 0.877. The van der Waals surface area contributed by atoms with Crippen molar-refractivity contribution in [1.29, 1.82) is 0 Å². The van der Waals surface area contributed by atoms with Crippen molar-refractivity contribution in [1.82, 2.24) is 4.90 Å². The Morgan fingerprint density at radius 1 is 1.75 bits per heavy atom. The molecular formula is C6H7NO. The maximum atomic E-state index is 10.3. The third-order valence-electron chi connectivity index (χ3n) is 1.11. The van der Waals surface area contributed by atoms with E-state index in [0.29, 0.717) is 25.4 Å². The van der Waals surface area contributed by atoms with Crippen LogP contribution in [0.1, 0.15) is 0 Å². The fourth-order valence-electron chi connectivity index (χ4n) is 0.693. The molecule has 0 saturated carbocycles. The van der Waals surface area contributed by atoms with Crippen molar-refractivity contribution in [2.45, 2.75) is 0 Å². The van der Waals surface area contributed by atoms with Crippen LogP contribution in [0, 0.1) is 12.3 Å². The number of Topliss-reactive ketones (excluding diaryl/α,β-unsaturated/α-hetero) is 1. The summed E-state index contributed by atoms with van der Waals surface area (Å²) in [5.74, 6) is 2.76. The summed E-state index contributed by atoms with van der Waals surface area (Å²) >= 11 is 0. The number of likely N-dealkylation sites (tertiary alicyclic amines) is 1. The van der Waals surface area contributed by atoms with Gasteiger partial charge in [0.25, 0.3) is 0 Å². The Balaban J connectivity index is 2.18. The number of hydrogen-bond donors (Lipinski definition) is 0. The van der Waals surface area contributed by atoms with Gasteiger partial charge in [0.15, 0.2) is 5.78 Å². The lowest BCUT2D eigenvalue weighted by atomic mass is 10.2. The standard InChI is InChI=1S/C6H7NO/c1-2-3-7-4-6(8)5-7/h1H,3-5H2. The van der Waals surface area contributed by atoms with E-state index in [0.717, 1.165) is 0 Å². The quantitative estimate of drug-likeness (QED) is 0.423. The van der Waals surface area contributed by atoms with Crippen LogP contribution in [0.25, 0.3) is 0 Å². The highest BCUT2D eigenvalue weighted by molar-refractivity contribution is 5.87. The molecular weight excluding hydrogens is 102 g/mol. The summed E-state index contributed by atoms with van der Waals surface area (Å²) < 4.78 is 0. The van der Waals surface area contributed by atoms with Crippen LogP contribution < -0.4 is 0 Å². The van der Waals surface area contributed by atoms with Gasteiger partial charge >= 0.3 is 0 Å². The summed E-state index contributed by atoms with van der Waals surface area (Å²) in [5, 5.41) is 0. The van der Waals surface area contributed by atoms with Gasteiger partial charge in [-0.25, -0.2) is 0 Å². The second-order valence-electron chi connectivity index (χ2n) is 1.89. The molecule has 0 unspecified atom stereocenters. The van der Waals surface area contributed by atoms with Gasteiger partial charge in [-0.05, 0) is 0 Å². The average molecular weight is 109 g/mol. The molecule has 0 radical (unpaired) electrons. The molecule has 2 heteroatoms. The zero-order valence-corrected chi connectivity index (χ0v) is 4.55. The molecule has 0 N–H and O–H groups in total. The number of carbonyl (C=O) groups excluding carboxylic acids is 1. The molecule has 1 rings (SSSR count). The Labute approximate surface area is 48.5 Å². The maximum Gasteiger partial charge on any atom is 0.160 e. The predicted molar refractivity (Wildman–Crippen MR) is 30.3 cm³/mol. The number of hydrogen-bond acceptors (Lipinski definition) is 2. The van der Waals surface area contributed by atoms with Crippen LogP contribution >= 0.6 is 0 Å². The van der Waals surface area contributed by atoms with Gasteiger partial charge in [-0.15, -0.1) is 6.42 Å². The fraction of sp³-hybridized carbons (Fsp3) is 0.500. The second kappa shape index (κ2) is 1.97. The molecule has 8 heavy (non-hydrogen) atoms. The highest BCUT2D eigenvalue weighted by Gasteiger charge is 2.21. The number of nitrogens with zero attached hydrogens (tertiary/aromatic N) is 1. The maximum absolute atomic E-state index is 10.3. The van der Waals surface area contributed by atoms with Crippen LogP contribution in [0.15, 0.2) is 0 Å². The second-order valence-corrected chi connectivity index (χ2v) is 1.89. The van der Waals surface area contributed by atoms with E-state index in [1.54, 1.807) is 0 Å². The van der Waals surface area contributed by atoms with E-state index in [4.69, 9.17) is 6.42 Å². The highest BCUT2D eigenvalue weighted by atomic mass is 16.1. The van der Waals surface area contributed by atoms with E-state index >= 15 is 0 Å². The Morgan fingerprint density at radius 2 is 2.38 bits per heavy atom. The Hall–Kier alpha value is -0.810. The molecule has 0 aliphatic carbocycles. The summed E-state index contributed by atoms with van der Waals surface area (Å²) in [6.07, 6.45) is 4.98. The van der Waals surface area contributed by atoms with Crippen LogP contribution in [0.3, 0.4) is 0 Å². The molecule has 1 aliphatic heterocycles. The summed E-state index contributed by atoms with van der Waals surface area (Å²) in [4.78, 5) is 12.2. The number of ketones is 1. The van der Waals surface area contributed by atoms with Crippen LogP contribution in [-0.2, 0) is 4.79 Å². The lowest BCUT2D eigenvalue weighted by Crippen LogP contribution is -2.46. The molecule has 0 atom stereocenters. The number of carbonyl (C=O) groups is 1. The topological polar surface area (TPSA) is 20.3 Å². The summed E-state index contributed by atoms with van der Waals surface area (Å²) in [7, 11) is 0. The highest BCUT2D eigenvalue weighted by Crippen LogP contribution is 1.98. The molecule has 1 fully saturated rings. The van der Waals surface area contributed by atoms with Gasteiger partial charge < -0.3 is 0 Å². The van der Waals surface area contributed by atoms with Crippen molar-refractivity contribution in [3.63, 3.8) is 0 Å². The minimum atomic E-state index is 0.292. The van der Waals surface area contributed by atoms with Crippen molar-refractivity contribution in [3.8, 4) is 12.3 Å². The molecule has 1 heterocycles. The summed E-state index contributed by atoms with van der Waals surface area (Å²) in [6, 6.07) is 0. The molecule has 1 saturated heterocycles. The monoisotopic (exact) mass is 109 g/mol. The van der Waals surface area contributed by atoms with E-state index in [-0.39, 0.29) is 0 Å². The third-order valence-corrected chi connectivity index (χ3v) is 1.11. The van der Waals surface area contributed by atoms with Crippen LogP contribution in [0.5, 0.6) is 0 Å². The molecule has 0 spiro atoms. The van der Waals surface area contributed by atoms with Crippen LogP contribution in [0.2, 0.25) is 0 Å². The predicted octanol–water partition coefficient (Wildman–Crippen LogP) is -0.496. The molecule has 0 aromatic heterocycles. The number of rotatable bonds is 1. The zero-order valence-electron chi connectivity index (χ0n) is 4.55. The van der Waals surface area contributed by atoms with Crippen molar-refractivity contribution in [3.05, 3.63) is 0 Å². The Morgan fingerprint density at radius 3 is 2.75 bits per heavy atom. The molecule has 2 nitrogen and oxygen atoms in total. The van der Waals surface area contributed by atoms with Crippen LogP contribution in [0.4, 0.5) is 0 Å². The molecule has 0 aromatic carbocycles. The van der Waals surface area contributed by atoms with E-state index < -0.39 is 0 Å². The lowest BCUT2D eigenvalue weighted by molar-refractivity contribution is -0.128. The van der Waals surface area contributed by atoms with Crippen LogP contribution in [-0.4, -0.2) is 30.3 Å². The van der Waals surface area contributed by atoms with E-state index in [9.17, 15) is 4.79 Å². The van der Waals surface area contributed by atoms with E-state index in [2.05, 4.69) is 5.92 Å². The van der Waals surface area contributed by atoms with Crippen molar-refractivity contribution >= 4 is 5.78 Å². The van der Waals surface area contributed by atoms with Gasteiger partial charge in [0.1, 0.15) is 0 Å². The molecule has 0 bridgehead atoms. The van der Waals surface area contributed by atoms with Gasteiger partial charge in [-0.1, -0.05) is 5.92 Å². The van der Waals surface area contributed by atoms with Crippen molar-refractivity contribution in [2.75, 3.05) is 19.6 Å². The SMILES string of the molecule is C#CCN1CC(=O)C1. The van der Waals surface area contributed by atoms with Gasteiger partial charge in [0.05, 0.1) is 19.6 Å². The van der Waals surface area contributed by atoms with Gasteiger partial charge in [-0.3, -0.25) is 9.69 Å². The van der Waals surface area contributed by atoms with Crippen molar-refractivity contribution < 1.29 is 4.79 Å². The molecule has 1 aliphatic rings. The summed E-state index contributed by atoms with van der Waals surface area (Å²) in [6.45, 7) is 1.74. The zero-order chi connectivity index (χ0) is 5.98. The molecule has 42 valence electrons. The first-order valence-corrected chi connectivity index (χ1v) is 2.50. The van der Waals surface area contributed by atoms with Crippen molar-refractivity contribution in [2.24, 2.45) is 0 Å². The first-order valence-electron chi connectivity index (χ1n) is 2.50.